The second kappa shape index (κ2) is 18.9. The molecule has 406 valence electrons. The van der Waals surface area contributed by atoms with Crippen LogP contribution in [0.25, 0.3) is 76.7 Å². The highest BCUT2D eigenvalue weighted by Gasteiger charge is 2.45. The fraction of sp³-hybridized carbons (Fsp3) is 0.203. The van der Waals surface area contributed by atoms with Crippen molar-refractivity contribution < 1.29 is 0 Å². The lowest BCUT2D eigenvalue weighted by Crippen LogP contribution is -2.61. The zero-order valence-corrected chi connectivity index (χ0v) is 50.2. The topological polar surface area (TPSA) is 19.4 Å². The molecule has 0 spiro atoms. The van der Waals surface area contributed by atoms with E-state index in [1.807, 2.05) is 0 Å². The third kappa shape index (κ3) is 9.01. The zero-order valence-electron chi connectivity index (χ0n) is 50.2. The molecule has 12 aromatic rings. The Morgan fingerprint density at radius 1 is 0.289 bits per heavy atom. The van der Waals surface area contributed by atoms with Gasteiger partial charge in [0.2, 0.25) is 0 Å². The summed E-state index contributed by atoms with van der Waals surface area (Å²) in [5.41, 5.74) is 22.0. The molecule has 2 aliphatic rings. The van der Waals surface area contributed by atoms with Gasteiger partial charge in [-0.25, -0.2) is 4.98 Å². The predicted molar refractivity (Wildman–Crippen MR) is 359 cm³/mol. The second-order valence-electron chi connectivity index (χ2n) is 27.8. The molecule has 0 atom stereocenters. The minimum Gasteiger partial charge on any atom is -0.311 e. The van der Waals surface area contributed by atoms with E-state index < -0.39 is 0 Å². The van der Waals surface area contributed by atoms with Gasteiger partial charge in [0.1, 0.15) is 0 Å². The summed E-state index contributed by atoms with van der Waals surface area (Å²) >= 11 is 0. The molecule has 0 bridgehead atoms. The van der Waals surface area contributed by atoms with E-state index in [1.165, 1.54) is 104 Å². The summed E-state index contributed by atoms with van der Waals surface area (Å²) in [4.78, 5) is 10.8. The van der Waals surface area contributed by atoms with Crippen molar-refractivity contribution in [1.82, 2.24) is 4.98 Å². The van der Waals surface area contributed by atoms with Gasteiger partial charge in [0.25, 0.3) is 6.71 Å². The number of hydrogen-bond acceptors (Lipinski definition) is 3. The summed E-state index contributed by atoms with van der Waals surface area (Å²) in [6, 6.07) is 83.4. The number of fused-ring (bicyclic) bond motifs is 10. The third-order valence-electron chi connectivity index (χ3n) is 17.9. The average molecular weight is 1070 g/mol. The van der Waals surface area contributed by atoms with Crippen LogP contribution in [-0.2, 0) is 21.7 Å². The SMILES string of the molecule is CC(C)(C)c1cc(N2c3cc4c(ccc5ccccc54)cc3B3c4cc5ccc6ccccc6c5cc4N(c4cc(C(C)(C)C)cc(C(C)(C)C)c4)c4cc(-c5cc(-c6ccccc6)nc(-c6ccccc6)c5)cc2c43)cc(C(C)(C)C)c1. The van der Waals surface area contributed by atoms with Gasteiger partial charge in [-0.2, -0.15) is 0 Å². The number of nitrogens with zero attached hydrogens (tertiary/aromatic N) is 3. The van der Waals surface area contributed by atoms with Crippen molar-refractivity contribution in [3.63, 3.8) is 0 Å². The molecule has 11 aromatic carbocycles. The first-order valence-corrected chi connectivity index (χ1v) is 29.8. The van der Waals surface area contributed by atoms with Crippen molar-refractivity contribution >= 4 is 100 Å². The van der Waals surface area contributed by atoms with Crippen LogP contribution >= 0.6 is 0 Å². The van der Waals surface area contributed by atoms with E-state index in [0.717, 1.165) is 45.0 Å². The fourth-order valence-corrected chi connectivity index (χ4v) is 13.1. The largest absolute Gasteiger partial charge is 0.311 e. The summed E-state index contributed by atoms with van der Waals surface area (Å²) in [5.74, 6) is 0. The minimum atomic E-state index is -0.128. The predicted octanol–water partition coefficient (Wildman–Crippen LogP) is 20.0. The number of benzene rings is 11. The van der Waals surface area contributed by atoms with Crippen LogP contribution in [0.3, 0.4) is 0 Å². The second-order valence-corrected chi connectivity index (χ2v) is 27.8. The molecule has 3 heterocycles. The molecule has 0 unspecified atom stereocenters. The number of anilines is 6. The molecule has 83 heavy (non-hydrogen) atoms. The minimum absolute atomic E-state index is 0.124. The maximum absolute atomic E-state index is 5.45. The molecule has 0 aliphatic carbocycles. The van der Waals surface area contributed by atoms with Crippen molar-refractivity contribution in [2.45, 2.75) is 105 Å². The Labute approximate surface area is 491 Å². The van der Waals surface area contributed by atoms with Gasteiger partial charge >= 0.3 is 0 Å². The lowest BCUT2D eigenvalue weighted by atomic mass is 9.33. The van der Waals surface area contributed by atoms with Crippen molar-refractivity contribution in [2.24, 2.45) is 0 Å². The van der Waals surface area contributed by atoms with E-state index in [0.29, 0.717) is 0 Å². The van der Waals surface area contributed by atoms with Crippen LogP contribution in [-0.4, -0.2) is 11.7 Å². The summed E-state index contributed by atoms with van der Waals surface area (Å²) in [5, 5.41) is 9.97. The van der Waals surface area contributed by atoms with Crippen molar-refractivity contribution in [2.75, 3.05) is 9.80 Å². The lowest BCUT2D eigenvalue weighted by Gasteiger charge is -2.45. The quantitative estimate of drug-likeness (QED) is 0.126. The van der Waals surface area contributed by atoms with Crippen LogP contribution in [0.15, 0.2) is 218 Å². The summed E-state index contributed by atoms with van der Waals surface area (Å²) < 4.78 is 0. The molecule has 0 fully saturated rings. The molecule has 1 aromatic heterocycles. The Kier molecular flexibility index (Phi) is 11.9. The Morgan fingerprint density at radius 2 is 0.639 bits per heavy atom. The highest BCUT2D eigenvalue weighted by Crippen LogP contribution is 2.50. The van der Waals surface area contributed by atoms with Crippen LogP contribution < -0.4 is 26.2 Å². The molecular formula is C79H72BN3. The number of hydrogen-bond donors (Lipinski definition) is 0. The maximum Gasteiger partial charge on any atom is 0.252 e. The Bertz CT molecular complexity index is 4250. The third-order valence-corrected chi connectivity index (χ3v) is 17.9. The normalized spacial score (nSPS) is 13.5. The zero-order chi connectivity index (χ0) is 57.5. The Morgan fingerprint density at radius 3 is 1.02 bits per heavy atom. The number of pyridine rings is 1. The van der Waals surface area contributed by atoms with Crippen molar-refractivity contribution in [3.8, 4) is 33.6 Å². The monoisotopic (exact) mass is 1070 g/mol. The molecule has 0 radical (unpaired) electrons. The van der Waals surface area contributed by atoms with E-state index >= 15 is 0 Å². The van der Waals surface area contributed by atoms with Gasteiger partial charge in [-0.3, -0.25) is 0 Å². The highest BCUT2D eigenvalue weighted by atomic mass is 15.2. The molecule has 0 saturated carbocycles. The summed E-state index contributed by atoms with van der Waals surface area (Å²) in [6.07, 6.45) is 0. The summed E-state index contributed by atoms with van der Waals surface area (Å²) in [7, 11) is 0. The number of rotatable bonds is 5. The van der Waals surface area contributed by atoms with E-state index in [-0.39, 0.29) is 28.4 Å². The van der Waals surface area contributed by atoms with Crippen LogP contribution in [0.4, 0.5) is 34.1 Å². The number of aromatic nitrogens is 1. The van der Waals surface area contributed by atoms with E-state index in [4.69, 9.17) is 4.98 Å². The smallest absolute Gasteiger partial charge is 0.252 e. The van der Waals surface area contributed by atoms with Gasteiger partial charge < -0.3 is 9.80 Å². The Hall–Kier alpha value is -8.73. The van der Waals surface area contributed by atoms with Crippen LogP contribution in [0.5, 0.6) is 0 Å². The van der Waals surface area contributed by atoms with Gasteiger partial charge in [0.15, 0.2) is 0 Å². The molecule has 0 saturated heterocycles. The summed E-state index contributed by atoms with van der Waals surface area (Å²) in [6.45, 7) is 28.2. The molecule has 0 N–H and O–H groups in total. The lowest BCUT2D eigenvalue weighted by molar-refractivity contribution is 0.568. The first kappa shape index (κ1) is 52.4. The van der Waals surface area contributed by atoms with Gasteiger partial charge in [0.05, 0.1) is 11.4 Å². The fourth-order valence-electron chi connectivity index (χ4n) is 13.1. The molecule has 0 amide bonds. The first-order chi connectivity index (χ1) is 39.6. The Balaban J connectivity index is 1.19. The molecule has 2 aliphatic heterocycles. The molecule has 3 nitrogen and oxygen atoms in total. The molecule has 14 rings (SSSR count). The van der Waals surface area contributed by atoms with Gasteiger partial charge in [-0.15, -0.1) is 0 Å². The van der Waals surface area contributed by atoms with E-state index in [9.17, 15) is 0 Å². The molecule has 4 heteroatoms. The maximum atomic E-state index is 5.45. The van der Waals surface area contributed by atoms with E-state index in [1.54, 1.807) is 0 Å². The molecular weight excluding hydrogens is 1000 g/mol. The van der Waals surface area contributed by atoms with Gasteiger partial charge in [-0.1, -0.05) is 241 Å². The van der Waals surface area contributed by atoms with Crippen molar-refractivity contribution in [3.05, 3.63) is 241 Å². The average Bonchev–Trinajstić information content (AvgIpc) is 0.800. The van der Waals surface area contributed by atoms with Gasteiger partial charge in [0, 0.05) is 45.3 Å². The standard InChI is InChI=1S/C79H72BN3/c1-76(2,3)57-41-58(77(4,5)6)44-61(43-57)82-71-47-65-53(33-31-49-23-19-21-29-63(49)65)35-67(71)80-68-36-54-34-32-50-24-20-22-30-64(50)66(54)48-72(68)83(62-45-59(78(7,8)9)42-60(46-62)79(10,11)12)74-40-56(39-73(82)75(74)80)55-37-69(51-25-15-13-16-26-51)81-70(38-55)52-27-17-14-18-28-52/h13-48H,1-12H3. The van der Waals surface area contributed by atoms with Crippen LogP contribution in [0.1, 0.15) is 105 Å². The van der Waals surface area contributed by atoms with Crippen LogP contribution in [0.2, 0.25) is 0 Å². The highest BCUT2D eigenvalue weighted by molar-refractivity contribution is 7.00. The van der Waals surface area contributed by atoms with Crippen molar-refractivity contribution in [1.29, 1.82) is 0 Å². The van der Waals surface area contributed by atoms with Gasteiger partial charge in [-0.05, 0) is 175 Å². The van der Waals surface area contributed by atoms with E-state index in [2.05, 4.69) is 311 Å². The van der Waals surface area contributed by atoms with Crippen LogP contribution in [0, 0.1) is 0 Å². The first-order valence-electron chi connectivity index (χ1n) is 29.8.